The molecule has 1 aromatic carbocycles. The van der Waals surface area contributed by atoms with Crippen molar-refractivity contribution in [2.24, 2.45) is 5.92 Å². The summed E-state index contributed by atoms with van der Waals surface area (Å²) in [6.45, 7) is 4.23. The second-order valence-electron chi connectivity index (χ2n) is 7.22. The molecule has 1 fully saturated rings. The van der Waals surface area contributed by atoms with E-state index in [4.69, 9.17) is 0 Å². The number of hydrogen-bond donors (Lipinski definition) is 1. The monoisotopic (exact) mass is 328 g/mol. The van der Waals surface area contributed by atoms with Crippen molar-refractivity contribution in [3.63, 3.8) is 0 Å². The molecule has 0 spiro atoms. The minimum absolute atomic E-state index is 0.0483. The Morgan fingerprint density at radius 2 is 2.17 bits per heavy atom. The molecule has 3 atom stereocenters. The third-order valence-corrected chi connectivity index (χ3v) is 4.96. The molecule has 3 rings (SSSR count). The van der Waals surface area contributed by atoms with Crippen molar-refractivity contribution >= 4 is 11.5 Å². The van der Waals surface area contributed by atoms with Crippen LogP contribution in [0.3, 0.4) is 0 Å². The first-order valence-corrected chi connectivity index (χ1v) is 8.71. The first-order valence-electron chi connectivity index (χ1n) is 8.71. The van der Waals surface area contributed by atoms with Crippen molar-refractivity contribution in [1.82, 2.24) is 5.32 Å². The second-order valence-corrected chi connectivity index (χ2v) is 7.22. The number of carbonyl (C=O) groups excluding carboxylic acids is 1. The van der Waals surface area contributed by atoms with Crippen LogP contribution < -0.4 is 5.32 Å². The van der Waals surface area contributed by atoms with Gasteiger partial charge in [0, 0.05) is 18.2 Å². The molecule has 1 aliphatic heterocycles. The summed E-state index contributed by atoms with van der Waals surface area (Å²) in [5, 5.41) is 14.6. The summed E-state index contributed by atoms with van der Waals surface area (Å²) in [6.07, 6.45) is 6.08. The lowest BCUT2D eigenvalue weighted by atomic mass is 9.73. The standard InChI is InChI=1S/C19H24N2O3/c1-12(2)10-17-19(22)18(15-8-3-4-9-16(15)20-17)13-6-5-7-14(11-13)21(23)24/h5-8,11-12,16-18,20H,3-4,9-10H2,1-2H3/t16?,17-,18?/m0/s1. The molecule has 5 nitrogen and oxygen atoms in total. The third-order valence-electron chi connectivity index (χ3n) is 4.96. The van der Waals surface area contributed by atoms with Gasteiger partial charge in [-0.15, -0.1) is 0 Å². The lowest BCUT2D eigenvalue weighted by Crippen LogP contribution is -2.53. The highest BCUT2D eigenvalue weighted by Crippen LogP contribution is 2.38. The van der Waals surface area contributed by atoms with E-state index in [9.17, 15) is 14.9 Å². The van der Waals surface area contributed by atoms with E-state index in [1.807, 2.05) is 6.07 Å². The lowest BCUT2D eigenvalue weighted by molar-refractivity contribution is -0.384. The number of ketones is 1. The van der Waals surface area contributed by atoms with Crippen molar-refractivity contribution < 1.29 is 9.72 Å². The highest BCUT2D eigenvalue weighted by atomic mass is 16.6. The van der Waals surface area contributed by atoms with E-state index >= 15 is 0 Å². The van der Waals surface area contributed by atoms with E-state index < -0.39 is 4.92 Å². The topological polar surface area (TPSA) is 72.2 Å². The molecule has 1 heterocycles. The van der Waals surface area contributed by atoms with Gasteiger partial charge in [0.15, 0.2) is 5.78 Å². The number of Topliss-reactive ketones (excluding diaryl/α,β-unsaturated/α-hetero) is 1. The minimum atomic E-state index is -0.395. The Balaban J connectivity index is 2.00. The van der Waals surface area contributed by atoms with Crippen LogP contribution >= 0.6 is 0 Å². The van der Waals surface area contributed by atoms with Crippen LogP contribution in [0, 0.1) is 16.0 Å². The summed E-state index contributed by atoms with van der Waals surface area (Å²) >= 11 is 0. The van der Waals surface area contributed by atoms with Gasteiger partial charge >= 0.3 is 0 Å². The molecule has 24 heavy (non-hydrogen) atoms. The Morgan fingerprint density at radius 3 is 2.88 bits per heavy atom. The minimum Gasteiger partial charge on any atom is -0.301 e. The largest absolute Gasteiger partial charge is 0.301 e. The molecule has 2 unspecified atom stereocenters. The summed E-state index contributed by atoms with van der Waals surface area (Å²) < 4.78 is 0. The van der Waals surface area contributed by atoms with Gasteiger partial charge in [-0.3, -0.25) is 14.9 Å². The van der Waals surface area contributed by atoms with Gasteiger partial charge in [0.05, 0.1) is 16.9 Å². The fourth-order valence-electron chi connectivity index (χ4n) is 3.92. The maximum absolute atomic E-state index is 13.1. The number of benzene rings is 1. The zero-order valence-corrected chi connectivity index (χ0v) is 14.2. The molecule has 1 aromatic rings. The Kier molecular flexibility index (Phi) is 4.81. The molecule has 1 saturated heterocycles. The first kappa shape index (κ1) is 16.8. The number of fused-ring (bicyclic) bond motifs is 1. The predicted molar refractivity (Wildman–Crippen MR) is 92.9 cm³/mol. The molecule has 1 N–H and O–H groups in total. The van der Waals surface area contributed by atoms with Crippen LogP contribution in [-0.2, 0) is 4.79 Å². The average Bonchev–Trinajstić information content (AvgIpc) is 2.55. The highest BCUT2D eigenvalue weighted by Gasteiger charge is 2.41. The molecule has 0 bridgehead atoms. The van der Waals surface area contributed by atoms with Crippen LogP contribution in [-0.4, -0.2) is 22.8 Å². The van der Waals surface area contributed by atoms with Crippen LogP contribution in [0.1, 0.15) is 51.0 Å². The highest BCUT2D eigenvalue weighted by molar-refractivity contribution is 5.95. The number of rotatable bonds is 4. The third kappa shape index (κ3) is 3.26. The summed E-state index contributed by atoms with van der Waals surface area (Å²) in [5.41, 5.74) is 1.90. The number of non-ortho nitro benzene ring substituents is 1. The fraction of sp³-hybridized carbons (Fsp3) is 0.526. The molecule has 0 saturated carbocycles. The van der Waals surface area contributed by atoms with Crippen LogP contribution in [0.25, 0.3) is 0 Å². The number of carbonyl (C=O) groups is 1. The van der Waals surface area contributed by atoms with E-state index in [-0.39, 0.29) is 29.5 Å². The van der Waals surface area contributed by atoms with Gasteiger partial charge in [-0.25, -0.2) is 0 Å². The Labute approximate surface area is 142 Å². The molecule has 5 heteroatoms. The Bertz CT molecular complexity index is 681. The van der Waals surface area contributed by atoms with Gasteiger partial charge in [-0.1, -0.05) is 32.1 Å². The number of piperidine rings is 1. The van der Waals surface area contributed by atoms with Crippen molar-refractivity contribution in [1.29, 1.82) is 0 Å². The number of nitrogens with zero attached hydrogens (tertiary/aromatic N) is 1. The Morgan fingerprint density at radius 1 is 1.38 bits per heavy atom. The van der Waals surface area contributed by atoms with E-state index in [1.165, 1.54) is 6.07 Å². The summed E-state index contributed by atoms with van der Waals surface area (Å²) in [4.78, 5) is 23.8. The molecule has 128 valence electrons. The van der Waals surface area contributed by atoms with Gasteiger partial charge in [0.25, 0.3) is 5.69 Å². The smallest absolute Gasteiger partial charge is 0.269 e. The van der Waals surface area contributed by atoms with E-state index in [0.717, 1.165) is 36.8 Å². The van der Waals surface area contributed by atoms with Crippen molar-refractivity contribution in [2.75, 3.05) is 0 Å². The van der Waals surface area contributed by atoms with E-state index in [2.05, 4.69) is 25.2 Å². The summed E-state index contributed by atoms with van der Waals surface area (Å²) in [7, 11) is 0. The Hall–Kier alpha value is -2.01. The molecule has 1 aliphatic carbocycles. The quantitative estimate of drug-likeness (QED) is 0.519. The number of allylic oxidation sites excluding steroid dienone is 1. The van der Waals surface area contributed by atoms with Crippen LogP contribution in [0.2, 0.25) is 0 Å². The van der Waals surface area contributed by atoms with Crippen molar-refractivity contribution in [3.8, 4) is 0 Å². The van der Waals surface area contributed by atoms with Gasteiger partial charge in [-0.05, 0) is 42.7 Å². The zero-order chi connectivity index (χ0) is 17.3. The molecular weight excluding hydrogens is 304 g/mol. The molecule has 0 amide bonds. The number of hydrogen-bond acceptors (Lipinski definition) is 4. The zero-order valence-electron chi connectivity index (χ0n) is 14.2. The van der Waals surface area contributed by atoms with Crippen molar-refractivity contribution in [2.45, 2.75) is 57.5 Å². The average molecular weight is 328 g/mol. The van der Waals surface area contributed by atoms with Crippen LogP contribution in [0.4, 0.5) is 5.69 Å². The normalized spacial score (nSPS) is 26.9. The molecule has 2 aliphatic rings. The molecule has 0 aromatic heterocycles. The summed E-state index contributed by atoms with van der Waals surface area (Å²) in [5.74, 6) is 0.222. The fourth-order valence-corrected chi connectivity index (χ4v) is 3.92. The SMILES string of the molecule is CC(C)C[C@@H]1NC2CCCC=C2C(c2cccc([N+](=O)[O-])c2)C1=O. The lowest BCUT2D eigenvalue weighted by Gasteiger charge is -2.40. The second kappa shape index (κ2) is 6.85. The number of nitro groups is 1. The van der Waals surface area contributed by atoms with E-state index in [0.29, 0.717) is 5.92 Å². The molecule has 0 radical (unpaired) electrons. The molecular formula is C19H24N2O3. The summed E-state index contributed by atoms with van der Waals surface area (Å²) in [6, 6.07) is 6.61. The van der Waals surface area contributed by atoms with Gasteiger partial charge in [0.1, 0.15) is 0 Å². The van der Waals surface area contributed by atoms with Crippen molar-refractivity contribution in [3.05, 3.63) is 51.6 Å². The predicted octanol–water partition coefficient (Wildman–Crippen LogP) is 3.74. The number of nitrogens with one attached hydrogen (secondary N) is 1. The van der Waals surface area contributed by atoms with Gasteiger partial charge < -0.3 is 5.32 Å². The number of nitro benzene ring substituents is 1. The maximum Gasteiger partial charge on any atom is 0.269 e. The first-order chi connectivity index (χ1) is 11.5. The van der Waals surface area contributed by atoms with Gasteiger partial charge in [-0.2, -0.15) is 0 Å². The van der Waals surface area contributed by atoms with E-state index in [1.54, 1.807) is 12.1 Å². The van der Waals surface area contributed by atoms with Gasteiger partial charge in [0.2, 0.25) is 0 Å². The van der Waals surface area contributed by atoms with Crippen LogP contribution in [0.15, 0.2) is 35.9 Å². The van der Waals surface area contributed by atoms with Crippen LogP contribution in [0.5, 0.6) is 0 Å². The maximum atomic E-state index is 13.1.